The third-order valence-electron chi connectivity index (χ3n) is 9.91. The average Bonchev–Trinajstić information content (AvgIpc) is 3.64. The Morgan fingerprint density at radius 3 is 2.18 bits per heavy atom. The summed E-state index contributed by atoms with van der Waals surface area (Å²) in [6, 6.07) is 13.3. The zero-order valence-corrected chi connectivity index (χ0v) is 33.2. The number of ether oxygens (including phenoxy) is 1. The van der Waals surface area contributed by atoms with Gasteiger partial charge >= 0.3 is 12.1 Å². The lowest BCUT2D eigenvalue weighted by Gasteiger charge is -2.34. The topological polar surface area (TPSA) is 200 Å². The van der Waals surface area contributed by atoms with E-state index in [1.54, 1.807) is 36.9 Å². The Hall–Kier alpha value is -4.92. The number of carboxylic acids is 1. The first kappa shape index (κ1) is 43.8. The maximum atomic E-state index is 14.5. The summed E-state index contributed by atoms with van der Waals surface area (Å²) in [4.78, 5) is 94.0. The van der Waals surface area contributed by atoms with Gasteiger partial charge in [0.05, 0.1) is 19.2 Å². The van der Waals surface area contributed by atoms with Crippen LogP contribution in [0.15, 0.2) is 60.7 Å². The first-order valence-corrected chi connectivity index (χ1v) is 20.5. The van der Waals surface area contributed by atoms with E-state index in [4.69, 9.17) is 4.74 Å². The van der Waals surface area contributed by atoms with Crippen LogP contribution in [0.3, 0.4) is 0 Å². The maximum absolute atomic E-state index is 14.5. The molecule has 5 amide bonds. The molecule has 5 atom stereocenters. The molecule has 2 aromatic rings. The van der Waals surface area contributed by atoms with E-state index in [0.29, 0.717) is 17.7 Å². The van der Waals surface area contributed by atoms with Crippen LogP contribution in [-0.2, 0) is 39.3 Å². The highest BCUT2D eigenvalue weighted by molar-refractivity contribution is 7.99. The number of alkyl carbamates (subject to hydrolysis) is 1. The van der Waals surface area contributed by atoms with Crippen molar-refractivity contribution in [2.75, 3.05) is 19.7 Å². The predicted octanol–water partition coefficient (Wildman–Crippen LogP) is 4.13. The lowest BCUT2D eigenvalue weighted by Crippen LogP contribution is -2.58. The fourth-order valence-electron chi connectivity index (χ4n) is 7.01. The molecule has 1 saturated heterocycles. The number of amides is 5. The van der Waals surface area contributed by atoms with Crippen molar-refractivity contribution in [3.63, 3.8) is 0 Å². The Labute approximate surface area is 332 Å². The van der Waals surface area contributed by atoms with E-state index in [2.05, 4.69) is 21.3 Å². The molecule has 0 radical (unpaired) electrons. The largest absolute Gasteiger partial charge is 0.479 e. The van der Waals surface area contributed by atoms with E-state index in [1.807, 2.05) is 44.2 Å². The molecule has 2 aliphatic rings. The molecular weight excluding hydrogens is 739 g/mol. The molecule has 0 aromatic heterocycles. The van der Waals surface area contributed by atoms with Crippen LogP contribution in [0.4, 0.5) is 4.79 Å². The van der Waals surface area contributed by atoms with E-state index >= 15 is 0 Å². The van der Waals surface area contributed by atoms with Crippen molar-refractivity contribution in [2.24, 2.45) is 11.8 Å². The number of carboxylic acid groups (broad SMARTS) is 1. The van der Waals surface area contributed by atoms with Crippen LogP contribution in [0.1, 0.15) is 89.3 Å². The molecule has 15 heteroatoms. The maximum Gasteiger partial charge on any atom is 0.407 e. The van der Waals surface area contributed by atoms with E-state index < -0.39 is 72.2 Å². The fraction of sp³-hybridized carbons (Fsp3) is 0.537. The molecule has 0 spiro atoms. The summed E-state index contributed by atoms with van der Waals surface area (Å²) in [6.07, 6.45) is 4.46. The van der Waals surface area contributed by atoms with Crippen LogP contribution in [0, 0.1) is 11.8 Å². The third kappa shape index (κ3) is 13.1. The van der Waals surface area contributed by atoms with Gasteiger partial charge in [0.1, 0.15) is 12.1 Å². The van der Waals surface area contributed by atoms with Gasteiger partial charge in [0.25, 0.3) is 5.91 Å². The highest BCUT2D eigenvalue weighted by Crippen LogP contribution is 2.33. The van der Waals surface area contributed by atoms with Crippen molar-refractivity contribution >= 4 is 53.2 Å². The number of hydrogen-bond donors (Lipinski definition) is 5. The number of thioether (sulfide) groups is 1. The van der Waals surface area contributed by atoms with Crippen LogP contribution < -0.4 is 21.3 Å². The van der Waals surface area contributed by atoms with Crippen LogP contribution in [-0.4, -0.2) is 94.6 Å². The summed E-state index contributed by atoms with van der Waals surface area (Å²) >= 11 is 1.61. The standard InChI is InChI=1S/C41H55N5O9S/c1-4-14-31(36(48)38(50)42-22-33(47)44-35(40(52)53)29-19-12-7-13-20-29)43-37(49)32-21-30(56-25-27-15-8-5-9-16-27)23-46(32)39(51)34(28-17-10-6-11-18-28)45-41(54)55-24-26(2)3/h5,7-9,12-13,15-16,19-20,26,28,30-32,34-35H,4,6,10-11,14,17-18,21-25H2,1-3H3,(H,42,50)(H,43,49)(H,44,47)(H,45,54)(H,52,53)/t30-,31?,32?,34+,35?/m1/s1. The van der Waals surface area contributed by atoms with E-state index in [-0.39, 0.29) is 43.1 Å². The molecule has 56 heavy (non-hydrogen) atoms. The van der Waals surface area contributed by atoms with E-state index in [0.717, 1.165) is 37.7 Å². The van der Waals surface area contributed by atoms with Crippen molar-refractivity contribution in [3.8, 4) is 0 Å². The molecule has 1 aliphatic heterocycles. The van der Waals surface area contributed by atoms with Crippen molar-refractivity contribution in [3.05, 3.63) is 71.8 Å². The minimum absolute atomic E-state index is 0.0978. The van der Waals surface area contributed by atoms with Gasteiger partial charge in [0, 0.05) is 17.5 Å². The Bertz CT molecular complexity index is 1650. The molecule has 2 fully saturated rings. The number of aliphatic carboxylic acids is 1. The lowest BCUT2D eigenvalue weighted by molar-refractivity contribution is -0.144. The summed E-state index contributed by atoms with van der Waals surface area (Å²) in [7, 11) is 0. The summed E-state index contributed by atoms with van der Waals surface area (Å²) < 4.78 is 5.40. The Morgan fingerprint density at radius 2 is 1.55 bits per heavy atom. The number of Topliss-reactive ketones (excluding diaryl/α,β-unsaturated/α-hetero) is 1. The summed E-state index contributed by atoms with van der Waals surface area (Å²) in [5, 5.41) is 19.6. The summed E-state index contributed by atoms with van der Waals surface area (Å²) in [5.41, 5.74) is 1.42. The lowest BCUT2D eigenvalue weighted by atomic mass is 9.83. The third-order valence-corrected chi connectivity index (χ3v) is 11.2. The number of hydrogen-bond acceptors (Lipinski definition) is 9. The predicted molar refractivity (Wildman–Crippen MR) is 211 cm³/mol. The second-order valence-electron chi connectivity index (χ2n) is 14.8. The van der Waals surface area contributed by atoms with Crippen LogP contribution in [0.5, 0.6) is 0 Å². The van der Waals surface area contributed by atoms with Crippen LogP contribution >= 0.6 is 11.8 Å². The summed E-state index contributed by atoms with van der Waals surface area (Å²) in [5.74, 6) is -4.62. The smallest absolute Gasteiger partial charge is 0.407 e. The molecule has 2 aromatic carbocycles. The van der Waals surface area contributed by atoms with Crippen molar-refractivity contribution in [1.82, 2.24) is 26.2 Å². The molecule has 1 saturated carbocycles. The number of nitrogens with zero attached hydrogens (tertiary/aromatic N) is 1. The second kappa shape index (κ2) is 22.0. The van der Waals surface area contributed by atoms with Gasteiger partial charge in [-0.3, -0.25) is 24.0 Å². The Kier molecular flexibility index (Phi) is 17.2. The van der Waals surface area contributed by atoms with Crippen molar-refractivity contribution in [2.45, 2.75) is 107 Å². The molecule has 5 N–H and O–H groups in total. The molecule has 1 heterocycles. The molecule has 304 valence electrons. The minimum atomic E-state index is -1.37. The quantitative estimate of drug-likeness (QED) is 0.129. The highest BCUT2D eigenvalue weighted by atomic mass is 32.2. The normalized spacial score (nSPS) is 18.6. The Balaban J connectivity index is 1.48. The number of carbonyl (C=O) groups excluding carboxylic acids is 6. The summed E-state index contributed by atoms with van der Waals surface area (Å²) in [6.45, 7) is 5.37. The van der Waals surface area contributed by atoms with Gasteiger partial charge in [-0.25, -0.2) is 9.59 Å². The first-order valence-electron chi connectivity index (χ1n) is 19.5. The molecule has 1 aliphatic carbocycles. The molecule has 4 rings (SSSR count). The highest BCUT2D eigenvalue weighted by Gasteiger charge is 2.45. The zero-order valence-electron chi connectivity index (χ0n) is 32.4. The monoisotopic (exact) mass is 793 g/mol. The van der Waals surface area contributed by atoms with E-state index in [1.165, 1.54) is 17.0 Å². The SMILES string of the molecule is CCCC(NC(=O)C1C[C@@H](SCc2ccccc2)CN1C(=O)[C@@H](NC(=O)OCC(C)C)C1CCCCC1)C(=O)C(=O)NCC(=O)NC(C(=O)O)c1ccccc1. The van der Waals surface area contributed by atoms with Gasteiger partial charge in [-0.05, 0) is 48.6 Å². The zero-order chi connectivity index (χ0) is 40.6. The first-order chi connectivity index (χ1) is 26.9. The van der Waals surface area contributed by atoms with Gasteiger partial charge in [0.2, 0.25) is 23.5 Å². The van der Waals surface area contributed by atoms with Gasteiger partial charge < -0.3 is 36.0 Å². The van der Waals surface area contributed by atoms with Gasteiger partial charge in [-0.1, -0.05) is 107 Å². The fourth-order valence-corrected chi connectivity index (χ4v) is 8.22. The number of ketones is 1. The van der Waals surface area contributed by atoms with E-state index in [9.17, 15) is 38.7 Å². The van der Waals surface area contributed by atoms with Gasteiger partial charge in [0.15, 0.2) is 6.04 Å². The van der Waals surface area contributed by atoms with Crippen molar-refractivity contribution < 1.29 is 43.4 Å². The number of nitrogens with one attached hydrogen (secondary N) is 4. The van der Waals surface area contributed by atoms with Gasteiger partial charge in [-0.15, -0.1) is 0 Å². The molecule has 14 nitrogen and oxygen atoms in total. The number of benzene rings is 2. The number of carbonyl (C=O) groups is 7. The number of rotatable bonds is 19. The van der Waals surface area contributed by atoms with Crippen molar-refractivity contribution in [1.29, 1.82) is 0 Å². The number of likely N-dealkylation sites (tertiary alicyclic amines) is 1. The minimum Gasteiger partial charge on any atom is -0.479 e. The average molecular weight is 794 g/mol. The Morgan fingerprint density at radius 1 is 0.893 bits per heavy atom. The molecule has 3 unspecified atom stereocenters. The van der Waals surface area contributed by atoms with Crippen LogP contribution in [0.25, 0.3) is 0 Å². The van der Waals surface area contributed by atoms with Crippen LogP contribution in [0.2, 0.25) is 0 Å². The molecule has 0 bridgehead atoms. The second-order valence-corrected chi connectivity index (χ2v) is 16.1. The van der Waals surface area contributed by atoms with Gasteiger partial charge in [-0.2, -0.15) is 11.8 Å². The molecular formula is C41H55N5O9S.